The van der Waals surface area contributed by atoms with Gasteiger partial charge in [0.2, 0.25) is 0 Å². The maximum absolute atomic E-state index is 11.8. The fourth-order valence-electron chi connectivity index (χ4n) is 1.27. The second-order valence-electron chi connectivity index (χ2n) is 3.31. The van der Waals surface area contributed by atoms with E-state index in [4.69, 9.17) is 4.74 Å². The van der Waals surface area contributed by atoms with Crippen molar-refractivity contribution in [3.63, 3.8) is 0 Å². The lowest BCUT2D eigenvalue weighted by molar-refractivity contribution is -0.150. The molecule has 1 unspecified atom stereocenters. The van der Waals surface area contributed by atoms with E-state index in [-0.39, 0.29) is 5.97 Å². The highest BCUT2D eigenvalue weighted by Gasteiger charge is 2.36. The standard InChI is InChI=1S/C11H16N2O2/c1-4-15-10(14)11(2,12-3)9-7-5-6-8-13-9/h5-8,12H,4H2,1-3H3. The summed E-state index contributed by atoms with van der Waals surface area (Å²) in [4.78, 5) is 15.9. The van der Waals surface area contributed by atoms with Crippen molar-refractivity contribution in [3.05, 3.63) is 30.1 Å². The SMILES string of the molecule is CCOC(=O)C(C)(NC)c1ccccn1. The van der Waals surface area contributed by atoms with E-state index in [2.05, 4.69) is 10.3 Å². The molecule has 4 heteroatoms. The number of aromatic nitrogens is 1. The Balaban J connectivity index is 3.00. The monoisotopic (exact) mass is 208 g/mol. The number of hydrogen-bond donors (Lipinski definition) is 1. The molecule has 0 saturated heterocycles. The first-order valence-corrected chi connectivity index (χ1v) is 4.92. The van der Waals surface area contributed by atoms with Gasteiger partial charge in [0.25, 0.3) is 0 Å². The number of carbonyl (C=O) groups excluding carboxylic acids is 1. The van der Waals surface area contributed by atoms with Crippen LogP contribution in [-0.2, 0) is 15.1 Å². The van der Waals surface area contributed by atoms with E-state index < -0.39 is 5.54 Å². The molecule has 1 atom stereocenters. The fourth-order valence-corrected chi connectivity index (χ4v) is 1.27. The summed E-state index contributed by atoms with van der Waals surface area (Å²) in [5.74, 6) is -0.314. The molecule has 0 aliphatic heterocycles. The summed E-state index contributed by atoms with van der Waals surface area (Å²) in [7, 11) is 1.71. The van der Waals surface area contributed by atoms with Crippen LogP contribution in [0, 0.1) is 0 Å². The van der Waals surface area contributed by atoms with Crippen LogP contribution in [0.5, 0.6) is 0 Å². The average Bonchev–Trinajstić information content (AvgIpc) is 2.29. The minimum absolute atomic E-state index is 0.314. The molecule has 15 heavy (non-hydrogen) atoms. The summed E-state index contributed by atoms with van der Waals surface area (Å²) in [5.41, 5.74) is -0.219. The van der Waals surface area contributed by atoms with Crippen molar-refractivity contribution in [2.24, 2.45) is 0 Å². The molecule has 1 rings (SSSR count). The lowest BCUT2D eigenvalue weighted by Gasteiger charge is -2.25. The quantitative estimate of drug-likeness (QED) is 0.752. The van der Waals surface area contributed by atoms with Gasteiger partial charge in [0, 0.05) is 6.20 Å². The van der Waals surface area contributed by atoms with Gasteiger partial charge < -0.3 is 10.1 Å². The third kappa shape index (κ3) is 2.33. The fraction of sp³-hybridized carbons (Fsp3) is 0.455. The van der Waals surface area contributed by atoms with Gasteiger partial charge in [0.1, 0.15) is 0 Å². The van der Waals surface area contributed by atoms with Gasteiger partial charge in [-0.1, -0.05) is 6.07 Å². The minimum Gasteiger partial charge on any atom is -0.464 e. The van der Waals surface area contributed by atoms with Crippen LogP contribution in [0.2, 0.25) is 0 Å². The molecule has 82 valence electrons. The second kappa shape index (κ2) is 4.89. The normalized spacial score (nSPS) is 14.3. The molecule has 0 aromatic carbocycles. The number of nitrogens with zero attached hydrogens (tertiary/aromatic N) is 1. The zero-order valence-corrected chi connectivity index (χ0v) is 9.28. The van der Waals surface area contributed by atoms with Gasteiger partial charge in [-0.15, -0.1) is 0 Å². The number of esters is 1. The first kappa shape index (κ1) is 11.7. The van der Waals surface area contributed by atoms with E-state index in [1.165, 1.54) is 0 Å². The summed E-state index contributed by atoms with van der Waals surface area (Å²) < 4.78 is 5.01. The maximum Gasteiger partial charge on any atom is 0.332 e. The van der Waals surface area contributed by atoms with E-state index in [9.17, 15) is 4.79 Å². The van der Waals surface area contributed by atoms with Crippen molar-refractivity contribution in [2.45, 2.75) is 19.4 Å². The summed E-state index contributed by atoms with van der Waals surface area (Å²) in [6.07, 6.45) is 1.66. The first-order valence-electron chi connectivity index (χ1n) is 4.92. The molecule has 0 saturated carbocycles. The lowest BCUT2D eigenvalue weighted by Crippen LogP contribution is -2.46. The molecule has 1 aromatic rings. The van der Waals surface area contributed by atoms with Gasteiger partial charge in [-0.05, 0) is 33.0 Å². The third-order valence-corrected chi connectivity index (χ3v) is 2.36. The largest absolute Gasteiger partial charge is 0.464 e. The van der Waals surface area contributed by atoms with Crippen molar-refractivity contribution in [1.82, 2.24) is 10.3 Å². The van der Waals surface area contributed by atoms with Crippen LogP contribution >= 0.6 is 0 Å². The number of hydrogen-bond acceptors (Lipinski definition) is 4. The summed E-state index contributed by atoms with van der Waals surface area (Å²) >= 11 is 0. The predicted octanol–water partition coefficient (Wildman–Crippen LogP) is 1.08. The number of pyridine rings is 1. The summed E-state index contributed by atoms with van der Waals surface area (Å²) in [6, 6.07) is 5.45. The molecule has 0 radical (unpaired) electrons. The Labute approximate surface area is 89.7 Å². The number of rotatable bonds is 4. The number of nitrogens with one attached hydrogen (secondary N) is 1. The Bertz CT molecular complexity index is 327. The number of likely N-dealkylation sites (N-methyl/N-ethyl adjacent to an activating group) is 1. The Morgan fingerprint density at radius 1 is 1.60 bits per heavy atom. The van der Waals surface area contributed by atoms with Gasteiger partial charge in [-0.25, -0.2) is 4.79 Å². The third-order valence-electron chi connectivity index (χ3n) is 2.36. The summed E-state index contributed by atoms with van der Waals surface area (Å²) in [6.45, 7) is 3.91. The second-order valence-corrected chi connectivity index (χ2v) is 3.31. The van der Waals surface area contributed by atoms with E-state index >= 15 is 0 Å². The van der Waals surface area contributed by atoms with Crippen molar-refractivity contribution >= 4 is 5.97 Å². The Morgan fingerprint density at radius 2 is 2.33 bits per heavy atom. The van der Waals surface area contributed by atoms with Gasteiger partial charge in [0.05, 0.1) is 12.3 Å². The van der Waals surface area contributed by atoms with Crippen LogP contribution in [0.4, 0.5) is 0 Å². The van der Waals surface area contributed by atoms with Crippen molar-refractivity contribution in [1.29, 1.82) is 0 Å². The van der Waals surface area contributed by atoms with Crippen LogP contribution in [0.25, 0.3) is 0 Å². The molecule has 1 heterocycles. The smallest absolute Gasteiger partial charge is 0.332 e. The molecule has 0 bridgehead atoms. The van der Waals surface area contributed by atoms with Crippen molar-refractivity contribution in [3.8, 4) is 0 Å². The minimum atomic E-state index is -0.878. The van der Waals surface area contributed by atoms with Gasteiger partial charge >= 0.3 is 5.97 Å². The lowest BCUT2D eigenvalue weighted by atomic mass is 9.97. The zero-order chi connectivity index (χ0) is 11.3. The highest BCUT2D eigenvalue weighted by Crippen LogP contribution is 2.19. The number of ether oxygens (including phenoxy) is 1. The van der Waals surface area contributed by atoms with Crippen LogP contribution < -0.4 is 5.32 Å². The van der Waals surface area contributed by atoms with Crippen LogP contribution in [0.1, 0.15) is 19.5 Å². The highest BCUT2D eigenvalue weighted by atomic mass is 16.5. The van der Waals surface area contributed by atoms with E-state index in [0.29, 0.717) is 12.3 Å². The van der Waals surface area contributed by atoms with Gasteiger partial charge in [-0.3, -0.25) is 4.98 Å². The number of carbonyl (C=O) groups is 1. The molecule has 1 aromatic heterocycles. The molecule has 0 aliphatic carbocycles. The Hall–Kier alpha value is -1.42. The molecular formula is C11H16N2O2. The summed E-state index contributed by atoms with van der Waals surface area (Å²) in [5, 5.41) is 2.94. The van der Waals surface area contributed by atoms with E-state index in [1.54, 1.807) is 33.2 Å². The van der Waals surface area contributed by atoms with Gasteiger partial charge in [0.15, 0.2) is 5.54 Å². The van der Waals surface area contributed by atoms with Crippen LogP contribution in [0.3, 0.4) is 0 Å². The molecule has 0 spiro atoms. The van der Waals surface area contributed by atoms with Gasteiger partial charge in [-0.2, -0.15) is 0 Å². The zero-order valence-electron chi connectivity index (χ0n) is 9.28. The maximum atomic E-state index is 11.8. The highest BCUT2D eigenvalue weighted by molar-refractivity contribution is 5.81. The first-order chi connectivity index (χ1) is 7.15. The molecular weight excluding hydrogens is 192 g/mol. The van der Waals surface area contributed by atoms with Crippen LogP contribution in [-0.4, -0.2) is 24.6 Å². The van der Waals surface area contributed by atoms with E-state index in [1.807, 2.05) is 12.1 Å². The predicted molar refractivity (Wildman–Crippen MR) is 57.3 cm³/mol. The molecule has 4 nitrogen and oxygen atoms in total. The average molecular weight is 208 g/mol. The molecule has 0 aliphatic rings. The topological polar surface area (TPSA) is 51.2 Å². The van der Waals surface area contributed by atoms with Crippen LogP contribution in [0.15, 0.2) is 24.4 Å². The van der Waals surface area contributed by atoms with Crippen molar-refractivity contribution in [2.75, 3.05) is 13.7 Å². The molecule has 1 N–H and O–H groups in total. The Morgan fingerprint density at radius 3 is 2.80 bits per heavy atom. The molecule has 0 fully saturated rings. The molecule has 0 amide bonds. The Kier molecular flexibility index (Phi) is 3.80. The van der Waals surface area contributed by atoms with E-state index in [0.717, 1.165) is 0 Å². The van der Waals surface area contributed by atoms with Crippen molar-refractivity contribution < 1.29 is 9.53 Å².